The molecule has 0 aromatic heterocycles. The van der Waals surface area contributed by atoms with Gasteiger partial charge in [0.15, 0.2) is 6.10 Å². The smallest absolute Gasteiger partial charge is 0.261 e. The Hall–Kier alpha value is -2.49. The number of ether oxygens (including phenoxy) is 2. The maximum absolute atomic E-state index is 12.5. The summed E-state index contributed by atoms with van der Waals surface area (Å²) in [7, 11) is 0. The summed E-state index contributed by atoms with van der Waals surface area (Å²) in [5.41, 5.74) is 5.20. The molecular weight excluding hydrogens is 350 g/mol. The third-order valence-corrected chi connectivity index (χ3v) is 5.37. The van der Waals surface area contributed by atoms with Crippen LogP contribution in [0.2, 0.25) is 0 Å². The topological polar surface area (TPSA) is 47.6 Å². The van der Waals surface area contributed by atoms with E-state index in [4.69, 9.17) is 9.47 Å². The van der Waals surface area contributed by atoms with Gasteiger partial charge >= 0.3 is 0 Å². The van der Waals surface area contributed by atoms with E-state index in [-0.39, 0.29) is 11.9 Å². The highest BCUT2D eigenvalue weighted by molar-refractivity contribution is 5.81. The molecule has 1 N–H and O–H groups in total. The van der Waals surface area contributed by atoms with Crippen LogP contribution in [0.4, 0.5) is 0 Å². The predicted molar refractivity (Wildman–Crippen MR) is 112 cm³/mol. The van der Waals surface area contributed by atoms with Gasteiger partial charge in [-0.25, -0.2) is 0 Å². The summed E-state index contributed by atoms with van der Waals surface area (Å²) < 4.78 is 11.7. The number of amides is 1. The van der Waals surface area contributed by atoms with Gasteiger partial charge in [-0.3, -0.25) is 4.79 Å². The van der Waals surface area contributed by atoms with Gasteiger partial charge in [0, 0.05) is 0 Å². The zero-order valence-electron chi connectivity index (χ0n) is 17.4. The molecule has 28 heavy (non-hydrogen) atoms. The fourth-order valence-corrected chi connectivity index (χ4v) is 3.47. The molecule has 2 aromatic rings. The number of fused-ring (bicyclic) bond motifs is 1. The summed E-state index contributed by atoms with van der Waals surface area (Å²) in [6.07, 6.45) is 4.17. The van der Waals surface area contributed by atoms with Gasteiger partial charge in [-0.2, -0.15) is 0 Å². The molecule has 150 valence electrons. The van der Waals surface area contributed by atoms with Gasteiger partial charge in [-0.05, 0) is 99.9 Å². The second-order valence-corrected chi connectivity index (χ2v) is 7.86. The maximum Gasteiger partial charge on any atom is 0.261 e. The van der Waals surface area contributed by atoms with E-state index in [1.165, 1.54) is 35.1 Å². The van der Waals surface area contributed by atoms with Gasteiger partial charge in [-0.15, -0.1) is 0 Å². The second-order valence-electron chi connectivity index (χ2n) is 7.86. The van der Waals surface area contributed by atoms with Crippen molar-refractivity contribution in [3.05, 3.63) is 58.7 Å². The van der Waals surface area contributed by atoms with E-state index in [1.54, 1.807) is 6.92 Å². The van der Waals surface area contributed by atoms with Gasteiger partial charge in [0.1, 0.15) is 18.1 Å². The summed E-state index contributed by atoms with van der Waals surface area (Å²) in [6, 6.07) is 12.1. The molecule has 0 saturated heterocycles. The lowest BCUT2D eigenvalue weighted by molar-refractivity contribution is -0.128. The van der Waals surface area contributed by atoms with E-state index in [0.29, 0.717) is 6.61 Å². The number of hydrogen-bond donors (Lipinski definition) is 1. The highest BCUT2D eigenvalue weighted by Crippen LogP contribution is 2.26. The molecule has 2 atom stereocenters. The summed E-state index contributed by atoms with van der Waals surface area (Å²) in [5, 5.41) is 2.97. The van der Waals surface area contributed by atoms with E-state index in [9.17, 15) is 4.79 Å². The lowest BCUT2D eigenvalue weighted by atomic mass is 9.92. The molecule has 0 fully saturated rings. The van der Waals surface area contributed by atoms with Crippen molar-refractivity contribution in [2.24, 2.45) is 0 Å². The van der Waals surface area contributed by atoms with E-state index in [0.717, 1.165) is 24.3 Å². The van der Waals surface area contributed by atoms with Crippen molar-refractivity contribution in [2.75, 3.05) is 6.61 Å². The summed E-state index contributed by atoms with van der Waals surface area (Å²) in [5.74, 6) is 1.46. The van der Waals surface area contributed by atoms with E-state index < -0.39 is 6.10 Å². The standard InChI is InChI=1S/C24H31NO3/c1-16-9-11-22(13-17(16)2)27-15-18(3)25-24(26)19(4)28-23-12-10-20-7-5-6-8-21(20)14-23/h9-14,18-19H,5-8,15H2,1-4H3,(H,25,26)/t18-,19+/m0/s1. The van der Waals surface area contributed by atoms with Gasteiger partial charge < -0.3 is 14.8 Å². The predicted octanol–water partition coefficient (Wildman–Crippen LogP) is 4.53. The van der Waals surface area contributed by atoms with E-state index >= 15 is 0 Å². The number of hydrogen-bond acceptors (Lipinski definition) is 3. The number of carbonyl (C=O) groups is 1. The third kappa shape index (κ3) is 5.28. The Morgan fingerprint density at radius 2 is 1.68 bits per heavy atom. The Morgan fingerprint density at radius 1 is 0.964 bits per heavy atom. The fourth-order valence-electron chi connectivity index (χ4n) is 3.47. The van der Waals surface area contributed by atoms with Crippen molar-refractivity contribution in [1.82, 2.24) is 5.32 Å². The van der Waals surface area contributed by atoms with Crippen molar-refractivity contribution in [2.45, 2.75) is 65.5 Å². The average molecular weight is 382 g/mol. The number of carbonyl (C=O) groups excluding carboxylic acids is 1. The van der Waals surface area contributed by atoms with Crippen molar-refractivity contribution in [3.63, 3.8) is 0 Å². The first-order valence-electron chi connectivity index (χ1n) is 10.2. The Kier molecular flexibility index (Phi) is 6.61. The molecule has 4 heteroatoms. The van der Waals surface area contributed by atoms with Gasteiger partial charge in [0.25, 0.3) is 5.91 Å². The minimum absolute atomic E-state index is 0.108. The summed E-state index contributed by atoms with van der Waals surface area (Å²) in [4.78, 5) is 12.5. The first kappa shape index (κ1) is 20.2. The molecule has 0 spiro atoms. The minimum atomic E-state index is -0.550. The Morgan fingerprint density at radius 3 is 2.43 bits per heavy atom. The highest BCUT2D eigenvalue weighted by atomic mass is 16.5. The molecule has 1 aliphatic carbocycles. The Labute approximate surface area is 168 Å². The second kappa shape index (κ2) is 9.13. The zero-order valence-corrected chi connectivity index (χ0v) is 17.4. The van der Waals surface area contributed by atoms with Crippen LogP contribution in [0.15, 0.2) is 36.4 Å². The van der Waals surface area contributed by atoms with Gasteiger partial charge in [0.2, 0.25) is 0 Å². The van der Waals surface area contributed by atoms with Crippen LogP contribution in [0.25, 0.3) is 0 Å². The molecule has 3 rings (SSSR count). The minimum Gasteiger partial charge on any atom is -0.491 e. The molecule has 0 bridgehead atoms. The first-order chi connectivity index (χ1) is 13.4. The molecule has 0 heterocycles. The van der Waals surface area contributed by atoms with Gasteiger partial charge in [0.05, 0.1) is 6.04 Å². The molecule has 1 amide bonds. The molecule has 2 aromatic carbocycles. The average Bonchev–Trinajstić information content (AvgIpc) is 2.68. The first-order valence-corrected chi connectivity index (χ1v) is 10.2. The molecule has 4 nitrogen and oxygen atoms in total. The molecule has 0 radical (unpaired) electrons. The van der Waals surface area contributed by atoms with Crippen LogP contribution < -0.4 is 14.8 Å². The Bertz CT molecular complexity index is 831. The van der Waals surface area contributed by atoms with Crippen molar-refractivity contribution in [3.8, 4) is 11.5 Å². The van der Waals surface area contributed by atoms with Crippen molar-refractivity contribution in [1.29, 1.82) is 0 Å². The number of benzene rings is 2. The number of aryl methyl sites for hydroxylation is 4. The molecular formula is C24H31NO3. The summed E-state index contributed by atoms with van der Waals surface area (Å²) in [6.45, 7) is 8.27. The van der Waals surface area contributed by atoms with Crippen LogP contribution in [-0.4, -0.2) is 24.7 Å². The van der Waals surface area contributed by atoms with Crippen LogP contribution in [0.3, 0.4) is 0 Å². The highest BCUT2D eigenvalue weighted by Gasteiger charge is 2.18. The zero-order chi connectivity index (χ0) is 20.1. The largest absolute Gasteiger partial charge is 0.491 e. The molecule has 0 unspecified atom stereocenters. The lowest BCUT2D eigenvalue weighted by Crippen LogP contribution is -2.43. The van der Waals surface area contributed by atoms with Crippen LogP contribution in [0.1, 0.15) is 48.9 Å². The fraction of sp³-hybridized carbons (Fsp3) is 0.458. The molecule has 0 saturated carbocycles. The monoisotopic (exact) mass is 381 g/mol. The maximum atomic E-state index is 12.5. The Balaban J connectivity index is 1.48. The quantitative estimate of drug-likeness (QED) is 0.766. The summed E-state index contributed by atoms with van der Waals surface area (Å²) >= 11 is 0. The van der Waals surface area contributed by atoms with Crippen LogP contribution in [0.5, 0.6) is 11.5 Å². The molecule has 1 aliphatic rings. The number of nitrogens with one attached hydrogen (secondary N) is 1. The molecule has 0 aliphatic heterocycles. The van der Waals surface area contributed by atoms with Crippen molar-refractivity contribution < 1.29 is 14.3 Å². The SMILES string of the molecule is Cc1ccc(OC[C@H](C)NC(=O)[C@@H](C)Oc2ccc3c(c2)CCCC3)cc1C. The third-order valence-electron chi connectivity index (χ3n) is 5.37. The van der Waals surface area contributed by atoms with E-state index in [1.807, 2.05) is 31.2 Å². The van der Waals surface area contributed by atoms with Gasteiger partial charge in [-0.1, -0.05) is 12.1 Å². The van der Waals surface area contributed by atoms with Crippen LogP contribution >= 0.6 is 0 Å². The van der Waals surface area contributed by atoms with Crippen molar-refractivity contribution >= 4 is 5.91 Å². The van der Waals surface area contributed by atoms with E-state index in [2.05, 4.69) is 31.3 Å². The number of rotatable bonds is 7. The van der Waals surface area contributed by atoms with Crippen LogP contribution in [-0.2, 0) is 17.6 Å². The lowest BCUT2D eigenvalue weighted by Gasteiger charge is -2.21. The normalized spacial score (nSPS) is 15.3. The van der Waals surface area contributed by atoms with Crippen LogP contribution in [0, 0.1) is 13.8 Å².